The second-order valence-corrected chi connectivity index (χ2v) is 5.22. The van der Waals surface area contributed by atoms with Gasteiger partial charge in [0, 0.05) is 13.1 Å². The summed E-state index contributed by atoms with van der Waals surface area (Å²) >= 11 is 6.13. The smallest absolute Gasteiger partial charge is 0.243 e. The van der Waals surface area contributed by atoms with Crippen molar-refractivity contribution in [2.45, 2.75) is 20.4 Å². The summed E-state index contributed by atoms with van der Waals surface area (Å²) in [6.07, 6.45) is 0. The molecule has 6 nitrogen and oxygen atoms in total. The molecule has 1 N–H and O–H groups in total. The number of nitrogens with zero attached hydrogens (tertiary/aromatic N) is 3. The van der Waals surface area contributed by atoms with E-state index in [9.17, 15) is 9.59 Å². The van der Waals surface area contributed by atoms with Crippen molar-refractivity contribution >= 4 is 29.2 Å². The number of pyridine rings is 1. The Morgan fingerprint density at radius 2 is 1.86 bits per heavy atom. The lowest BCUT2D eigenvalue weighted by molar-refractivity contribution is -0.150. The fraction of sp³-hybridized carbons (Fsp3) is 0.500. The first-order chi connectivity index (χ1) is 10.0. The van der Waals surface area contributed by atoms with Crippen molar-refractivity contribution in [3.8, 4) is 0 Å². The predicted octanol–water partition coefficient (Wildman–Crippen LogP) is 1.36. The number of hydrogen-bond acceptors (Lipinski definition) is 4. The second kappa shape index (κ2) is 6.76. The van der Waals surface area contributed by atoms with Gasteiger partial charge in [-0.05, 0) is 26.0 Å². The molecule has 2 rings (SSSR count). The van der Waals surface area contributed by atoms with Gasteiger partial charge in [0.2, 0.25) is 11.8 Å². The molecule has 0 unspecified atom stereocenters. The third-order valence-corrected chi connectivity index (χ3v) is 3.70. The second-order valence-electron chi connectivity index (χ2n) is 4.81. The Morgan fingerprint density at radius 1 is 1.19 bits per heavy atom. The number of carbonyl (C=O) groups is 2. The minimum atomic E-state index is -0.0804. The van der Waals surface area contributed by atoms with Gasteiger partial charge in [0.15, 0.2) is 0 Å². The summed E-state index contributed by atoms with van der Waals surface area (Å²) < 4.78 is 0. The van der Waals surface area contributed by atoms with Gasteiger partial charge in [-0.3, -0.25) is 9.59 Å². The molecule has 1 saturated heterocycles. The number of carbonyl (C=O) groups excluding carboxylic acids is 2. The van der Waals surface area contributed by atoms with E-state index in [2.05, 4.69) is 10.3 Å². The summed E-state index contributed by atoms with van der Waals surface area (Å²) in [7, 11) is 0. The Hall–Kier alpha value is -1.82. The highest BCUT2D eigenvalue weighted by Gasteiger charge is 2.29. The lowest BCUT2D eigenvalue weighted by Gasteiger charge is -2.33. The fourth-order valence-corrected chi connectivity index (χ4v) is 2.36. The van der Waals surface area contributed by atoms with Crippen molar-refractivity contribution in [1.82, 2.24) is 14.8 Å². The summed E-state index contributed by atoms with van der Waals surface area (Å²) in [6.45, 7) is 5.59. The zero-order valence-corrected chi connectivity index (χ0v) is 13.0. The standard InChI is InChI=1S/C14H19ClN4O2/c1-3-16-12-6-5-10(15)11(17-12)7-19-9-13(20)18(4-2)8-14(19)21/h5-6H,3-4,7-9H2,1-2H3,(H,16,17). The van der Waals surface area contributed by atoms with Crippen LogP contribution in [0.15, 0.2) is 12.1 Å². The van der Waals surface area contributed by atoms with Gasteiger partial charge in [-0.2, -0.15) is 0 Å². The molecule has 0 atom stereocenters. The van der Waals surface area contributed by atoms with Gasteiger partial charge in [0.05, 0.1) is 23.8 Å². The third-order valence-electron chi connectivity index (χ3n) is 3.36. The first kappa shape index (κ1) is 15.6. The average Bonchev–Trinajstić information content (AvgIpc) is 2.46. The number of amides is 2. The van der Waals surface area contributed by atoms with Crippen molar-refractivity contribution in [2.24, 2.45) is 0 Å². The van der Waals surface area contributed by atoms with Crippen LogP contribution in [-0.2, 0) is 16.1 Å². The molecule has 1 fully saturated rings. The molecule has 114 valence electrons. The number of nitrogens with one attached hydrogen (secondary N) is 1. The van der Waals surface area contributed by atoms with Crippen molar-refractivity contribution in [3.05, 3.63) is 22.8 Å². The molecule has 1 aliphatic rings. The van der Waals surface area contributed by atoms with E-state index in [1.54, 1.807) is 17.0 Å². The number of likely N-dealkylation sites (N-methyl/N-ethyl adjacent to an activating group) is 1. The molecule has 0 saturated carbocycles. The van der Waals surface area contributed by atoms with Crippen LogP contribution in [0.25, 0.3) is 0 Å². The number of hydrogen-bond donors (Lipinski definition) is 1. The fourth-order valence-electron chi connectivity index (χ4n) is 2.19. The van der Waals surface area contributed by atoms with Crippen LogP contribution in [0.1, 0.15) is 19.5 Å². The van der Waals surface area contributed by atoms with E-state index in [-0.39, 0.29) is 31.4 Å². The SMILES string of the molecule is CCNc1ccc(Cl)c(CN2CC(=O)N(CC)CC2=O)n1. The molecular formula is C14H19ClN4O2. The minimum absolute atomic E-state index is 0.0453. The van der Waals surface area contributed by atoms with Crippen LogP contribution in [0, 0.1) is 0 Å². The molecule has 0 aliphatic carbocycles. The van der Waals surface area contributed by atoms with E-state index < -0.39 is 0 Å². The van der Waals surface area contributed by atoms with E-state index in [0.717, 1.165) is 6.54 Å². The van der Waals surface area contributed by atoms with Crippen LogP contribution in [0.2, 0.25) is 5.02 Å². The van der Waals surface area contributed by atoms with Crippen molar-refractivity contribution in [2.75, 3.05) is 31.5 Å². The maximum atomic E-state index is 12.1. The van der Waals surface area contributed by atoms with Crippen molar-refractivity contribution in [1.29, 1.82) is 0 Å². The Kier molecular flexibility index (Phi) is 5.01. The highest BCUT2D eigenvalue weighted by molar-refractivity contribution is 6.31. The number of rotatable bonds is 5. The maximum absolute atomic E-state index is 12.1. The lowest BCUT2D eigenvalue weighted by Crippen LogP contribution is -2.53. The van der Waals surface area contributed by atoms with Gasteiger partial charge in [-0.25, -0.2) is 4.98 Å². The molecule has 1 aromatic rings. The highest BCUT2D eigenvalue weighted by Crippen LogP contribution is 2.19. The molecule has 0 radical (unpaired) electrons. The van der Waals surface area contributed by atoms with Gasteiger partial charge >= 0.3 is 0 Å². The van der Waals surface area contributed by atoms with E-state index in [4.69, 9.17) is 11.6 Å². The molecule has 0 bridgehead atoms. The number of piperazine rings is 1. The van der Waals surface area contributed by atoms with Gasteiger partial charge < -0.3 is 15.1 Å². The molecule has 7 heteroatoms. The Morgan fingerprint density at radius 3 is 2.52 bits per heavy atom. The first-order valence-corrected chi connectivity index (χ1v) is 7.37. The van der Waals surface area contributed by atoms with Crippen LogP contribution >= 0.6 is 11.6 Å². The summed E-state index contributed by atoms with van der Waals surface area (Å²) in [5.41, 5.74) is 0.598. The summed E-state index contributed by atoms with van der Waals surface area (Å²) in [5, 5.41) is 3.60. The van der Waals surface area contributed by atoms with Crippen LogP contribution in [0.3, 0.4) is 0 Å². The lowest BCUT2D eigenvalue weighted by atomic mass is 10.2. The monoisotopic (exact) mass is 310 g/mol. The molecular weight excluding hydrogens is 292 g/mol. The number of halogens is 1. The van der Waals surface area contributed by atoms with E-state index in [1.165, 1.54) is 4.90 Å². The molecule has 0 aromatic carbocycles. The minimum Gasteiger partial charge on any atom is -0.370 e. The molecule has 2 heterocycles. The Bertz CT molecular complexity index is 550. The molecule has 21 heavy (non-hydrogen) atoms. The zero-order chi connectivity index (χ0) is 15.4. The maximum Gasteiger partial charge on any atom is 0.243 e. The average molecular weight is 311 g/mol. The number of anilines is 1. The molecule has 0 spiro atoms. The normalized spacial score (nSPS) is 15.6. The zero-order valence-electron chi connectivity index (χ0n) is 12.2. The van der Waals surface area contributed by atoms with Crippen molar-refractivity contribution in [3.63, 3.8) is 0 Å². The molecule has 2 amide bonds. The van der Waals surface area contributed by atoms with Crippen LogP contribution in [0.5, 0.6) is 0 Å². The molecule has 1 aliphatic heterocycles. The Balaban J connectivity index is 2.12. The Labute approximate surface area is 129 Å². The van der Waals surface area contributed by atoms with Crippen LogP contribution in [-0.4, -0.2) is 52.8 Å². The largest absolute Gasteiger partial charge is 0.370 e. The van der Waals surface area contributed by atoms with Crippen LogP contribution in [0.4, 0.5) is 5.82 Å². The predicted molar refractivity (Wildman–Crippen MR) is 81.1 cm³/mol. The van der Waals surface area contributed by atoms with Gasteiger partial charge in [-0.1, -0.05) is 11.6 Å². The van der Waals surface area contributed by atoms with Crippen LogP contribution < -0.4 is 5.32 Å². The van der Waals surface area contributed by atoms with Gasteiger partial charge in [0.1, 0.15) is 12.4 Å². The third kappa shape index (κ3) is 3.64. The molecule has 1 aromatic heterocycles. The number of aromatic nitrogens is 1. The van der Waals surface area contributed by atoms with E-state index in [1.807, 2.05) is 13.8 Å². The van der Waals surface area contributed by atoms with E-state index in [0.29, 0.717) is 23.1 Å². The quantitative estimate of drug-likeness (QED) is 0.892. The first-order valence-electron chi connectivity index (χ1n) is 7.00. The summed E-state index contributed by atoms with van der Waals surface area (Å²) in [6, 6.07) is 3.54. The van der Waals surface area contributed by atoms with Crippen molar-refractivity contribution < 1.29 is 9.59 Å². The van der Waals surface area contributed by atoms with Gasteiger partial charge in [0.25, 0.3) is 0 Å². The van der Waals surface area contributed by atoms with Gasteiger partial charge in [-0.15, -0.1) is 0 Å². The summed E-state index contributed by atoms with van der Waals surface area (Å²) in [5.74, 6) is 0.585. The highest BCUT2D eigenvalue weighted by atomic mass is 35.5. The summed E-state index contributed by atoms with van der Waals surface area (Å²) in [4.78, 5) is 31.4. The van der Waals surface area contributed by atoms with E-state index >= 15 is 0 Å². The topological polar surface area (TPSA) is 65.5 Å².